The average Bonchev–Trinajstić information content (AvgIpc) is 3.30. The second-order valence-corrected chi connectivity index (χ2v) is 13.5. The fourth-order valence-corrected chi connectivity index (χ4v) is 6.77. The number of nitrogens with zero attached hydrogens (tertiary/aromatic N) is 6. The summed E-state index contributed by atoms with van der Waals surface area (Å²) in [5.74, 6) is 0.220. The minimum absolute atomic E-state index is 0.0708. The van der Waals surface area contributed by atoms with E-state index in [0.717, 1.165) is 25.9 Å². The lowest BCUT2D eigenvalue weighted by atomic mass is 9.78. The average molecular weight is 652 g/mol. The maximum Gasteiger partial charge on any atom is 0.313 e. The largest absolute Gasteiger partial charge is 0.465 e. The molecule has 46 heavy (non-hydrogen) atoms. The normalized spacial score (nSPS) is 26.3. The fourth-order valence-electron chi connectivity index (χ4n) is 6.60. The molecule has 3 N–H and O–H groups in total. The van der Waals surface area contributed by atoms with Crippen molar-refractivity contribution in [3.8, 4) is 11.3 Å². The Morgan fingerprint density at radius 3 is 2.61 bits per heavy atom. The van der Waals surface area contributed by atoms with Crippen LogP contribution in [0, 0.1) is 17.2 Å². The highest BCUT2D eigenvalue weighted by Gasteiger charge is 2.42. The van der Waals surface area contributed by atoms with Gasteiger partial charge in [-0.25, -0.2) is 14.4 Å². The lowest BCUT2D eigenvalue weighted by molar-refractivity contribution is -0.145. The number of piperazine rings is 1. The van der Waals surface area contributed by atoms with Crippen molar-refractivity contribution in [3.05, 3.63) is 47.5 Å². The minimum Gasteiger partial charge on any atom is -0.465 e. The standard InChI is InChI=1S/C32H39ClFN9O3/c1-18-14-43(15-19(2)37-18)22-9-20(10-22)30(44)39-28-13-27(35-17-36-28)38-26-12-25(23-11-21(33)5-6-24(23)34)40-41-29(26)42(4)16-32(3)7-8-46-31(32)45/h5-6,11-13,17-20,22,37H,7-10,14-16H2,1-4H3,(H2,35,36,38,39,40,44). The maximum absolute atomic E-state index is 14.8. The van der Waals surface area contributed by atoms with E-state index < -0.39 is 11.2 Å². The van der Waals surface area contributed by atoms with Gasteiger partial charge in [0.1, 0.15) is 23.8 Å². The number of rotatable bonds is 9. The molecule has 3 atom stereocenters. The molecule has 1 saturated carbocycles. The van der Waals surface area contributed by atoms with E-state index in [9.17, 15) is 14.0 Å². The lowest BCUT2D eigenvalue weighted by Crippen LogP contribution is -2.60. The summed E-state index contributed by atoms with van der Waals surface area (Å²) in [4.78, 5) is 38.5. The summed E-state index contributed by atoms with van der Waals surface area (Å²) < 4.78 is 20.0. The molecule has 244 valence electrons. The molecule has 0 bridgehead atoms. The van der Waals surface area contributed by atoms with E-state index in [1.165, 1.54) is 24.5 Å². The zero-order chi connectivity index (χ0) is 32.6. The highest BCUT2D eigenvalue weighted by atomic mass is 35.5. The fraction of sp³-hybridized carbons (Fsp3) is 0.500. The molecule has 3 aliphatic rings. The number of nitrogens with one attached hydrogen (secondary N) is 3. The Morgan fingerprint density at radius 2 is 1.89 bits per heavy atom. The predicted octanol–water partition coefficient (Wildman–Crippen LogP) is 4.26. The van der Waals surface area contributed by atoms with Crippen molar-refractivity contribution < 1.29 is 18.7 Å². The van der Waals surface area contributed by atoms with Gasteiger partial charge in [0.25, 0.3) is 0 Å². The Morgan fingerprint density at radius 1 is 1.15 bits per heavy atom. The molecule has 12 nitrogen and oxygen atoms in total. The first-order chi connectivity index (χ1) is 22.0. The van der Waals surface area contributed by atoms with Crippen LogP contribution in [0.1, 0.15) is 40.0 Å². The second kappa shape index (κ2) is 13.0. The second-order valence-electron chi connectivity index (χ2n) is 13.0. The van der Waals surface area contributed by atoms with Crippen LogP contribution < -0.4 is 20.9 Å². The Labute approximate surface area is 272 Å². The number of esters is 1. The first-order valence-electron chi connectivity index (χ1n) is 15.6. The maximum atomic E-state index is 14.8. The van der Waals surface area contributed by atoms with Crippen molar-refractivity contribution in [1.82, 2.24) is 30.4 Å². The van der Waals surface area contributed by atoms with Gasteiger partial charge in [-0.15, -0.1) is 10.2 Å². The van der Waals surface area contributed by atoms with Gasteiger partial charge < -0.3 is 25.6 Å². The van der Waals surface area contributed by atoms with Crippen LogP contribution in [-0.2, 0) is 14.3 Å². The molecule has 2 aromatic heterocycles. The summed E-state index contributed by atoms with van der Waals surface area (Å²) in [6.45, 7) is 8.89. The van der Waals surface area contributed by atoms with Crippen LogP contribution in [0.2, 0.25) is 5.02 Å². The first-order valence-corrected chi connectivity index (χ1v) is 16.0. The van der Waals surface area contributed by atoms with Gasteiger partial charge in [0.2, 0.25) is 5.91 Å². The van der Waals surface area contributed by atoms with Gasteiger partial charge in [-0.2, -0.15) is 0 Å². The number of hydrogen-bond donors (Lipinski definition) is 3. The molecular formula is C32H39ClFN9O3. The SMILES string of the molecule is CC1CN(C2CC(C(=O)Nc3cc(Nc4cc(-c5cc(Cl)ccc5F)nnc4N(C)CC4(C)CCOC4=O)ncn3)C2)CC(C)N1. The van der Waals surface area contributed by atoms with Gasteiger partial charge in [-0.3, -0.25) is 14.5 Å². The van der Waals surface area contributed by atoms with Crippen molar-refractivity contribution >= 4 is 46.6 Å². The molecule has 14 heteroatoms. The minimum atomic E-state index is -0.723. The van der Waals surface area contributed by atoms with E-state index >= 15 is 0 Å². The van der Waals surface area contributed by atoms with Crippen LogP contribution >= 0.6 is 11.6 Å². The lowest BCUT2D eigenvalue weighted by Gasteiger charge is -2.47. The molecule has 3 unspecified atom stereocenters. The first kappa shape index (κ1) is 32.0. The third-order valence-corrected chi connectivity index (χ3v) is 9.31. The molecule has 2 aliphatic heterocycles. The number of ether oxygens (including phenoxy) is 1. The van der Waals surface area contributed by atoms with Gasteiger partial charge in [0.15, 0.2) is 5.82 Å². The smallest absolute Gasteiger partial charge is 0.313 e. The van der Waals surface area contributed by atoms with Crippen LogP contribution in [0.25, 0.3) is 11.3 Å². The number of amides is 1. The highest BCUT2D eigenvalue weighted by Crippen LogP contribution is 2.36. The van der Waals surface area contributed by atoms with Crippen molar-refractivity contribution in [3.63, 3.8) is 0 Å². The molecule has 2 saturated heterocycles. The van der Waals surface area contributed by atoms with Crippen LogP contribution in [-0.4, -0.2) is 88.4 Å². The Hall–Kier alpha value is -3.94. The van der Waals surface area contributed by atoms with E-state index in [0.29, 0.717) is 65.9 Å². The number of halogens is 2. The van der Waals surface area contributed by atoms with E-state index in [1.807, 2.05) is 6.92 Å². The number of anilines is 4. The van der Waals surface area contributed by atoms with Gasteiger partial charge in [-0.1, -0.05) is 11.6 Å². The number of benzene rings is 1. The molecule has 1 aliphatic carbocycles. The Balaban J connectivity index is 1.19. The van der Waals surface area contributed by atoms with Gasteiger partial charge in [-0.05, 0) is 64.3 Å². The highest BCUT2D eigenvalue weighted by molar-refractivity contribution is 6.30. The number of hydrogen-bond acceptors (Lipinski definition) is 11. The monoisotopic (exact) mass is 651 g/mol. The quantitative estimate of drug-likeness (QED) is 0.286. The molecule has 3 fully saturated rings. The van der Waals surface area contributed by atoms with Crippen LogP contribution in [0.4, 0.5) is 27.5 Å². The molecule has 0 spiro atoms. The van der Waals surface area contributed by atoms with Gasteiger partial charge in [0, 0.05) is 67.4 Å². The molecule has 1 aromatic carbocycles. The topological polar surface area (TPSA) is 138 Å². The summed E-state index contributed by atoms with van der Waals surface area (Å²) in [6.07, 6.45) is 3.56. The summed E-state index contributed by atoms with van der Waals surface area (Å²) in [6, 6.07) is 8.77. The molecule has 6 rings (SSSR count). The predicted molar refractivity (Wildman–Crippen MR) is 173 cm³/mol. The number of cyclic esters (lactones) is 1. The zero-order valence-corrected chi connectivity index (χ0v) is 27.1. The molecule has 4 heterocycles. The number of carbonyl (C=O) groups excluding carboxylic acids is 2. The molecular weight excluding hydrogens is 613 g/mol. The zero-order valence-electron chi connectivity index (χ0n) is 26.4. The van der Waals surface area contributed by atoms with Crippen molar-refractivity contribution in [1.29, 1.82) is 0 Å². The summed E-state index contributed by atoms with van der Waals surface area (Å²) in [7, 11) is 1.80. The van der Waals surface area contributed by atoms with E-state index in [4.69, 9.17) is 16.3 Å². The number of aromatic nitrogens is 4. The van der Waals surface area contributed by atoms with Crippen LogP contribution in [0.3, 0.4) is 0 Å². The van der Waals surface area contributed by atoms with E-state index in [1.54, 1.807) is 24.1 Å². The third-order valence-electron chi connectivity index (χ3n) is 9.07. The molecule has 1 amide bonds. The van der Waals surface area contributed by atoms with Crippen molar-refractivity contribution in [2.45, 2.75) is 58.2 Å². The van der Waals surface area contributed by atoms with Gasteiger partial charge >= 0.3 is 5.97 Å². The van der Waals surface area contributed by atoms with E-state index in [-0.39, 0.29) is 29.1 Å². The summed E-state index contributed by atoms with van der Waals surface area (Å²) in [5, 5.41) is 18.8. The Kier molecular flexibility index (Phi) is 9.08. The molecule has 0 radical (unpaired) electrons. The van der Waals surface area contributed by atoms with Gasteiger partial charge in [0.05, 0.1) is 23.4 Å². The summed E-state index contributed by atoms with van der Waals surface area (Å²) in [5.41, 5.74) is 0.170. The number of carbonyl (C=O) groups is 2. The Bertz CT molecular complexity index is 1610. The molecule has 3 aromatic rings. The summed E-state index contributed by atoms with van der Waals surface area (Å²) >= 11 is 6.16. The third kappa shape index (κ3) is 6.91. The van der Waals surface area contributed by atoms with Crippen LogP contribution in [0.5, 0.6) is 0 Å². The van der Waals surface area contributed by atoms with Crippen molar-refractivity contribution in [2.75, 3.05) is 48.8 Å². The van der Waals surface area contributed by atoms with Crippen molar-refractivity contribution in [2.24, 2.45) is 11.3 Å². The van der Waals surface area contributed by atoms with Crippen LogP contribution in [0.15, 0.2) is 36.7 Å². The van der Waals surface area contributed by atoms with E-state index in [2.05, 4.69) is 54.9 Å².